The molecular weight excluding hydrogens is 366 g/mol. The van der Waals surface area contributed by atoms with Gasteiger partial charge < -0.3 is 14.5 Å². The predicted molar refractivity (Wildman–Crippen MR) is 112 cm³/mol. The minimum Gasteiger partial charge on any atom is -0.378 e. The van der Waals surface area contributed by atoms with Crippen molar-refractivity contribution in [3.8, 4) is 0 Å². The lowest BCUT2D eigenvalue weighted by molar-refractivity contribution is 0.122. The molecule has 0 atom stereocenters. The fourth-order valence-electron chi connectivity index (χ4n) is 4.10. The SMILES string of the molecule is Cc1cc(N2CCOCC2)n2nc(CN3CCN(c4ccccc4)CC3)nc2n1. The molecule has 1 aromatic carbocycles. The van der Waals surface area contributed by atoms with Crippen LogP contribution >= 0.6 is 0 Å². The number of fused-ring (bicyclic) bond motifs is 1. The number of morpholine rings is 1. The summed E-state index contributed by atoms with van der Waals surface area (Å²) in [6.45, 7) is 10.1. The summed E-state index contributed by atoms with van der Waals surface area (Å²) in [5.41, 5.74) is 2.27. The summed E-state index contributed by atoms with van der Waals surface area (Å²) in [5.74, 6) is 2.58. The zero-order valence-corrected chi connectivity index (χ0v) is 16.9. The second-order valence-electron chi connectivity index (χ2n) is 7.69. The van der Waals surface area contributed by atoms with E-state index in [0.29, 0.717) is 5.78 Å². The van der Waals surface area contributed by atoms with E-state index in [-0.39, 0.29) is 0 Å². The lowest BCUT2D eigenvalue weighted by Gasteiger charge is -2.35. The number of para-hydroxylation sites is 1. The number of nitrogens with zero attached hydrogens (tertiary/aromatic N) is 7. The molecule has 2 aliphatic rings. The zero-order valence-electron chi connectivity index (χ0n) is 16.9. The van der Waals surface area contributed by atoms with Crippen LogP contribution in [0.1, 0.15) is 11.5 Å². The van der Waals surface area contributed by atoms with Crippen LogP contribution in [0.3, 0.4) is 0 Å². The molecule has 0 aliphatic carbocycles. The quantitative estimate of drug-likeness (QED) is 0.667. The van der Waals surface area contributed by atoms with Gasteiger partial charge in [0.1, 0.15) is 5.82 Å². The Morgan fingerprint density at radius 1 is 0.897 bits per heavy atom. The van der Waals surface area contributed by atoms with E-state index in [9.17, 15) is 0 Å². The van der Waals surface area contributed by atoms with Gasteiger partial charge in [0.15, 0.2) is 5.82 Å². The molecule has 8 heteroatoms. The average Bonchev–Trinajstić information content (AvgIpc) is 3.17. The van der Waals surface area contributed by atoms with E-state index in [1.807, 2.05) is 11.4 Å². The minimum atomic E-state index is 0.685. The molecule has 29 heavy (non-hydrogen) atoms. The Labute approximate surface area is 170 Å². The molecule has 2 saturated heterocycles. The van der Waals surface area contributed by atoms with Gasteiger partial charge in [0, 0.05) is 56.7 Å². The summed E-state index contributed by atoms with van der Waals surface area (Å²) in [4.78, 5) is 16.5. The first-order chi connectivity index (χ1) is 14.3. The molecule has 2 aliphatic heterocycles. The number of hydrogen-bond donors (Lipinski definition) is 0. The van der Waals surface area contributed by atoms with Crippen molar-refractivity contribution in [2.24, 2.45) is 0 Å². The van der Waals surface area contributed by atoms with Crippen molar-refractivity contribution >= 4 is 17.3 Å². The molecule has 2 aromatic heterocycles. The smallest absolute Gasteiger partial charge is 0.254 e. The average molecular weight is 393 g/mol. The largest absolute Gasteiger partial charge is 0.378 e. The third-order valence-corrected chi connectivity index (χ3v) is 5.66. The number of rotatable bonds is 4. The van der Waals surface area contributed by atoms with Crippen LogP contribution in [0.2, 0.25) is 0 Å². The Bertz CT molecular complexity index is 960. The fourth-order valence-corrected chi connectivity index (χ4v) is 4.10. The molecule has 0 N–H and O–H groups in total. The Morgan fingerprint density at radius 3 is 2.41 bits per heavy atom. The van der Waals surface area contributed by atoms with Gasteiger partial charge in [-0.2, -0.15) is 9.50 Å². The van der Waals surface area contributed by atoms with Crippen LogP contribution in [0, 0.1) is 6.92 Å². The molecule has 0 unspecified atom stereocenters. The van der Waals surface area contributed by atoms with Crippen LogP contribution < -0.4 is 9.80 Å². The van der Waals surface area contributed by atoms with Crippen LogP contribution in [0.25, 0.3) is 5.78 Å². The summed E-state index contributed by atoms with van der Waals surface area (Å²) in [6.07, 6.45) is 0. The normalized spacial score (nSPS) is 18.5. The van der Waals surface area contributed by atoms with Gasteiger partial charge in [0.2, 0.25) is 0 Å². The van der Waals surface area contributed by atoms with E-state index in [1.165, 1.54) is 5.69 Å². The van der Waals surface area contributed by atoms with E-state index >= 15 is 0 Å². The monoisotopic (exact) mass is 393 g/mol. The molecule has 152 valence electrons. The maximum Gasteiger partial charge on any atom is 0.254 e. The lowest BCUT2D eigenvalue weighted by atomic mass is 10.2. The summed E-state index contributed by atoms with van der Waals surface area (Å²) in [7, 11) is 0. The van der Waals surface area contributed by atoms with Gasteiger partial charge in [0.05, 0.1) is 19.8 Å². The Morgan fingerprint density at radius 2 is 1.66 bits per heavy atom. The molecular formula is C21H27N7O. The Balaban J connectivity index is 1.30. The number of piperazine rings is 1. The van der Waals surface area contributed by atoms with Gasteiger partial charge in [-0.3, -0.25) is 4.90 Å². The zero-order chi connectivity index (χ0) is 19.6. The van der Waals surface area contributed by atoms with Crippen molar-refractivity contribution in [2.45, 2.75) is 13.5 Å². The second-order valence-corrected chi connectivity index (χ2v) is 7.69. The number of aryl methyl sites for hydroxylation is 1. The van der Waals surface area contributed by atoms with Gasteiger partial charge in [-0.05, 0) is 19.1 Å². The van der Waals surface area contributed by atoms with Crippen molar-refractivity contribution in [1.29, 1.82) is 0 Å². The number of benzene rings is 1. The Hall–Kier alpha value is -2.71. The van der Waals surface area contributed by atoms with Gasteiger partial charge >= 0.3 is 0 Å². The van der Waals surface area contributed by atoms with Crippen LogP contribution in [-0.4, -0.2) is 77.0 Å². The third kappa shape index (κ3) is 3.90. The van der Waals surface area contributed by atoms with E-state index in [2.05, 4.69) is 56.1 Å². The number of aromatic nitrogens is 4. The molecule has 0 amide bonds. The molecule has 0 radical (unpaired) electrons. The number of hydrogen-bond acceptors (Lipinski definition) is 7. The van der Waals surface area contributed by atoms with Crippen LogP contribution in [0.15, 0.2) is 36.4 Å². The van der Waals surface area contributed by atoms with Crippen molar-refractivity contribution in [1.82, 2.24) is 24.5 Å². The van der Waals surface area contributed by atoms with E-state index in [1.54, 1.807) is 0 Å². The highest BCUT2D eigenvalue weighted by atomic mass is 16.5. The lowest BCUT2D eigenvalue weighted by Crippen LogP contribution is -2.46. The van der Waals surface area contributed by atoms with Crippen molar-refractivity contribution < 1.29 is 4.74 Å². The summed E-state index contributed by atoms with van der Waals surface area (Å²) in [5, 5.41) is 4.81. The third-order valence-electron chi connectivity index (χ3n) is 5.66. The van der Waals surface area contributed by atoms with Crippen LogP contribution in [-0.2, 0) is 11.3 Å². The number of ether oxygens (including phenoxy) is 1. The van der Waals surface area contributed by atoms with Crippen LogP contribution in [0.5, 0.6) is 0 Å². The standard InChI is InChI=1S/C21H27N7O/c1-17-15-20(27-11-13-29-14-12-27)28-21(22-17)23-19(24-28)16-25-7-9-26(10-8-25)18-5-3-2-4-6-18/h2-6,15H,7-14,16H2,1H3. The highest BCUT2D eigenvalue weighted by Crippen LogP contribution is 2.19. The molecule has 0 spiro atoms. The highest BCUT2D eigenvalue weighted by molar-refractivity contribution is 5.48. The molecule has 3 aromatic rings. The molecule has 5 rings (SSSR count). The first-order valence-electron chi connectivity index (χ1n) is 10.3. The van der Waals surface area contributed by atoms with E-state index in [0.717, 1.165) is 76.4 Å². The molecule has 0 saturated carbocycles. The highest BCUT2D eigenvalue weighted by Gasteiger charge is 2.21. The van der Waals surface area contributed by atoms with Crippen LogP contribution in [0.4, 0.5) is 11.5 Å². The van der Waals surface area contributed by atoms with Gasteiger partial charge in [-0.25, -0.2) is 4.98 Å². The summed E-state index contributed by atoms with van der Waals surface area (Å²) in [6, 6.07) is 12.7. The molecule has 2 fully saturated rings. The maximum absolute atomic E-state index is 5.50. The van der Waals surface area contributed by atoms with Crippen molar-refractivity contribution in [3.05, 3.63) is 47.9 Å². The predicted octanol–water partition coefficient (Wildman–Crippen LogP) is 1.59. The number of anilines is 2. The van der Waals surface area contributed by atoms with E-state index < -0.39 is 0 Å². The van der Waals surface area contributed by atoms with E-state index in [4.69, 9.17) is 14.8 Å². The summed E-state index contributed by atoms with van der Waals surface area (Å²) >= 11 is 0. The first-order valence-corrected chi connectivity index (χ1v) is 10.3. The summed E-state index contributed by atoms with van der Waals surface area (Å²) < 4.78 is 7.39. The minimum absolute atomic E-state index is 0.685. The van der Waals surface area contributed by atoms with Gasteiger partial charge in [-0.1, -0.05) is 18.2 Å². The van der Waals surface area contributed by atoms with Gasteiger partial charge in [-0.15, -0.1) is 5.10 Å². The Kier molecular flexibility index (Phi) is 5.03. The first kappa shape index (κ1) is 18.3. The maximum atomic E-state index is 5.50. The van der Waals surface area contributed by atoms with Crippen molar-refractivity contribution in [3.63, 3.8) is 0 Å². The fraction of sp³-hybridized carbons (Fsp3) is 0.476. The van der Waals surface area contributed by atoms with Crippen molar-refractivity contribution in [2.75, 3.05) is 62.3 Å². The van der Waals surface area contributed by atoms with Gasteiger partial charge in [0.25, 0.3) is 5.78 Å². The second kappa shape index (κ2) is 7.96. The molecule has 8 nitrogen and oxygen atoms in total. The molecule has 4 heterocycles. The topological polar surface area (TPSA) is 62.0 Å². The molecule has 0 bridgehead atoms.